The molecule has 1 aromatic carbocycles. The Hall–Kier alpha value is -2.85. The van der Waals surface area contributed by atoms with Crippen LogP contribution in [0.3, 0.4) is 0 Å². The molecule has 0 bridgehead atoms. The molecular weight excluding hydrogens is 500 g/mol. The predicted octanol–water partition coefficient (Wildman–Crippen LogP) is 5.78. The van der Waals surface area contributed by atoms with E-state index in [1.54, 1.807) is 16.4 Å². The Morgan fingerprint density at radius 2 is 2.06 bits per heavy atom. The van der Waals surface area contributed by atoms with Crippen molar-refractivity contribution in [3.8, 4) is 11.3 Å². The first kappa shape index (κ1) is 22.0. The van der Waals surface area contributed by atoms with Crippen molar-refractivity contribution in [1.82, 2.24) is 29.9 Å². The Kier molecular flexibility index (Phi) is 5.88. The molecule has 33 heavy (non-hydrogen) atoms. The number of nitrogens with one attached hydrogen (secondary N) is 2. The van der Waals surface area contributed by atoms with Crippen molar-refractivity contribution in [2.75, 3.05) is 23.5 Å². The van der Waals surface area contributed by atoms with Gasteiger partial charge in [0.15, 0.2) is 5.82 Å². The van der Waals surface area contributed by atoms with Crippen LogP contribution in [0.15, 0.2) is 46.0 Å². The zero-order chi connectivity index (χ0) is 23.1. The van der Waals surface area contributed by atoms with Gasteiger partial charge in [-0.2, -0.15) is 15.2 Å². The highest BCUT2D eigenvalue weighted by molar-refractivity contribution is 9.10. The normalized spacial score (nSPS) is 13.4. The Balaban J connectivity index is 1.65. The van der Waals surface area contributed by atoms with Crippen LogP contribution in [0.5, 0.6) is 0 Å². The Bertz CT molecular complexity index is 1310. The van der Waals surface area contributed by atoms with Gasteiger partial charge in [-0.25, -0.2) is 4.98 Å². The van der Waals surface area contributed by atoms with Crippen LogP contribution >= 0.6 is 27.7 Å². The summed E-state index contributed by atoms with van der Waals surface area (Å²) in [5.41, 5.74) is 4.99. The molecule has 1 saturated carbocycles. The molecule has 10 heteroatoms. The lowest BCUT2D eigenvalue weighted by Crippen LogP contribution is -2.16. The van der Waals surface area contributed by atoms with Gasteiger partial charge in [-0.3, -0.25) is 9.78 Å². The van der Waals surface area contributed by atoms with Crippen LogP contribution in [0, 0.1) is 6.92 Å². The van der Waals surface area contributed by atoms with E-state index in [0.717, 1.165) is 57.2 Å². The van der Waals surface area contributed by atoms with Gasteiger partial charge in [-0.05, 0) is 66.1 Å². The van der Waals surface area contributed by atoms with E-state index in [0.29, 0.717) is 11.9 Å². The minimum atomic E-state index is 0.426. The van der Waals surface area contributed by atoms with Gasteiger partial charge in [0.25, 0.3) is 0 Å². The van der Waals surface area contributed by atoms with Crippen LogP contribution < -0.4 is 10.2 Å². The lowest BCUT2D eigenvalue weighted by atomic mass is 10.1. The highest BCUT2D eigenvalue weighted by Crippen LogP contribution is 2.48. The summed E-state index contributed by atoms with van der Waals surface area (Å²) >= 11 is 5.43. The van der Waals surface area contributed by atoms with Crippen molar-refractivity contribution in [1.29, 1.82) is 0 Å². The van der Waals surface area contributed by atoms with Crippen molar-refractivity contribution >= 4 is 51.0 Å². The minimum absolute atomic E-state index is 0.426. The van der Waals surface area contributed by atoms with Gasteiger partial charge in [0, 0.05) is 52.5 Å². The van der Waals surface area contributed by atoms with Crippen LogP contribution in [0.25, 0.3) is 11.3 Å². The van der Waals surface area contributed by atoms with Gasteiger partial charge in [0.2, 0.25) is 5.95 Å². The van der Waals surface area contributed by atoms with E-state index in [-0.39, 0.29) is 0 Å². The second-order valence-electron chi connectivity index (χ2n) is 8.25. The molecule has 3 heterocycles. The second kappa shape index (κ2) is 8.83. The Morgan fingerprint density at radius 3 is 2.67 bits per heavy atom. The number of nitrogens with zero attached hydrogens (tertiary/aromatic N) is 6. The van der Waals surface area contributed by atoms with Crippen LogP contribution in [0.2, 0.25) is 0 Å². The Morgan fingerprint density at radius 1 is 1.24 bits per heavy atom. The van der Waals surface area contributed by atoms with Crippen LogP contribution in [-0.4, -0.2) is 43.2 Å². The zero-order valence-corrected chi connectivity index (χ0v) is 21.3. The van der Waals surface area contributed by atoms with Gasteiger partial charge in [0.05, 0.1) is 17.6 Å². The van der Waals surface area contributed by atoms with Gasteiger partial charge < -0.3 is 10.2 Å². The monoisotopic (exact) mass is 524 g/mol. The number of anilines is 4. The molecule has 0 amide bonds. The second-order valence-corrected chi connectivity index (χ2v) is 9.98. The van der Waals surface area contributed by atoms with Crippen molar-refractivity contribution < 1.29 is 0 Å². The molecular formula is C23H25BrN8S. The fourth-order valence-corrected chi connectivity index (χ4v) is 5.06. The van der Waals surface area contributed by atoms with Crippen LogP contribution in [-0.2, 0) is 7.05 Å². The minimum Gasteiger partial charge on any atom is -0.323 e. The number of rotatable bonds is 7. The Labute approximate surface area is 205 Å². The SMILES string of the molecule is CSc1ccc(N(C)c2nc(Nc3cc(C)[nH]n3)c(C3CC3)c(-c3cnn(C)c3)n2)c(Br)c1. The summed E-state index contributed by atoms with van der Waals surface area (Å²) in [5, 5.41) is 15.2. The summed E-state index contributed by atoms with van der Waals surface area (Å²) in [5.74, 6) is 2.56. The number of hydrogen-bond acceptors (Lipinski definition) is 7. The predicted molar refractivity (Wildman–Crippen MR) is 137 cm³/mol. The largest absolute Gasteiger partial charge is 0.323 e. The average molecular weight is 525 g/mol. The van der Waals surface area contributed by atoms with Gasteiger partial charge in [0.1, 0.15) is 5.82 Å². The summed E-state index contributed by atoms with van der Waals surface area (Å²) in [6.07, 6.45) is 8.19. The molecule has 0 atom stereocenters. The molecule has 1 fully saturated rings. The highest BCUT2D eigenvalue weighted by atomic mass is 79.9. The first-order valence-corrected chi connectivity index (χ1v) is 12.7. The fraction of sp³-hybridized carbons (Fsp3) is 0.304. The maximum absolute atomic E-state index is 5.05. The van der Waals surface area contributed by atoms with Gasteiger partial charge >= 0.3 is 0 Å². The quantitative estimate of drug-likeness (QED) is 0.296. The lowest BCUT2D eigenvalue weighted by Gasteiger charge is -2.22. The van der Waals surface area contributed by atoms with E-state index < -0.39 is 0 Å². The first-order valence-electron chi connectivity index (χ1n) is 10.7. The molecule has 0 radical (unpaired) electrons. The summed E-state index contributed by atoms with van der Waals surface area (Å²) in [6, 6.07) is 8.28. The molecule has 170 valence electrons. The number of hydrogen-bond donors (Lipinski definition) is 2. The molecule has 4 aromatic rings. The molecule has 1 aliphatic rings. The van der Waals surface area contributed by atoms with Crippen molar-refractivity contribution in [3.63, 3.8) is 0 Å². The van der Waals surface area contributed by atoms with E-state index in [1.165, 1.54) is 4.90 Å². The van der Waals surface area contributed by atoms with E-state index in [2.05, 4.69) is 61.0 Å². The van der Waals surface area contributed by atoms with E-state index in [9.17, 15) is 0 Å². The average Bonchev–Trinajstić information content (AvgIpc) is 3.42. The molecule has 0 unspecified atom stereocenters. The maximum Gasteiger partial charge on any atom is 0.232 e. The fourth-order valence-electron chi connectivity index (χ4n) is 3.82. The third-order valence-corrected chi connectivity index (χ3v) is 7.03. The first-order chi connectivity index (χ1) is 15.9. The van der Waals surface area contributed by atoms with Gasteiger partial charge in [-0.1, -0.05) is 0 Å². The number of aromatic amines is 1. The summed E-state index contributed by atoms with van der Waals surface area (Å²) in [4.78, 5) is 13.2. The topological polar surface area (TPSA) is 87.5 Å². The van der Waals surface area contributed by atoms with Crippen molar-refractivity contribution in [2.45, 2.75) is 30.6 Å². The van der Waals surface area contributed by atoms with Crippen molar-refractivity contribution in [2.24, 2.45) is 7.05 Å². The number of benzene rings is 1. The number of thioether (sulfide) groups is 1. The van der Waals surface area contributed by atoms with E-state index in [1.807, 2.05) is 44.4 Å². The molecule has 5 rings (SSSR count). The van der Waals surface area contributed by atoms with E-state index >= 15 is 0 Å². The summed E-state index contributed by atoms with van der Waals surface area (Å²) in [7, 11) is 3.91. The highest BCUT2D eigenvalue weighted by Gasteiger charge is 2.33. The number of halogens is 1. The third kappa shape index (κ3) is 4.49. The lowest BCUT2D eigenvalue weighted by molar-refractivity contribution is 0.768. The van der Waals surface area contributed by atoms with Crippen LogP contribution in [0.4, 0.5) is 23.3 Å². The smallest absolute Gasteiger partial charge is 0.232 e. The molecule has 0 aliphatic heterocycles. The van der Waals surface area contributed by atoms with Gasteiger partial charge in [-0.15, -0.1) is 11.8 Å². The molecule has 8 nitrogen and oxygen atoms in total. The van der Waals surface area contributed by atoms with Crippen molar-refractivity contribution in [3.05, 3.63) is 52.4 Å². The number of aryl methyl sites for hydroxylation is 2. The number of H-pyrrole nitrogens is 1. The standard InChI is InChI=1S/C23H25BrN8S/c1-13-9-19(30-29-13)26-22-20(14-5-6-14)21(15-11-25-31(2)12-15)27-23(28-22)32(3)18-8-7-16(33-4)10-17(18)24/h7-12,14H,5-6H2,1-4H3,(H2,26,27,28,29,30). The third-order valence-electron chi connectivity index (χ3n) is 5.67. The molecule has 3 aromatic heterocycles. The molecule has 2 N–H and O–H groups in total. The maximum atomic E-state index is 5.05. The summed E-state index contributed by atoms with van der Waals surface area (Å²) < 4.78 is 2.80. The molecule has 0 saturated heterocycles. The summed E-state index contributed by atoms with van der Waals surface area (Å²) in [6.45, 7) is 1.98. The molecule has 1 aliphatic carbocycles. The molecule has 0 spiro atoms. The number of aromatic nitrogens is 6. The van der Waals surface area contributed by atoms with E-state index in [4.69, 9.17) is 9.97 Å². The van der Waals surface area contributed by atoms with Crippen LogP contribution in [0.1, 0.15) is 30.0 Å². The zero-order valence-electron chi connectivity index (χ0n) is 18.9.